The molecule has 6 nitrogen and oxygen atoms in total. The number of rotatable bonds is 5. The van der Waals surface area contributed by atoms with E-state index in [1.165, 1.54) is 4.31 Å². The van der Waals surface area contributed by atoms with E-state index in [1.807, 2.05) is 13.8 Å². The highest BCUT2D eigenvalue weighted by molar-refractivity contribution is 7.87. The summed E-state index contributed by atoms with van der Waals surface area (Å²) >= 11 is 0. The molecule has 1 aliphatic rings. The number of nitrogens with zero attached hydrogens (tertiary/aromatic N) is 1. The van der Waals surface area contributed by atoms with Gasteiger partial charge in [-0.1, -0.05) is 20.8 Å². The standard InChI is InChI=1S/C10H20N2O4S/c1-7(2)4-11-17(15,16)12-5-8(3)9(6-12)10(13)14/h7-9,11H,4-6H2,1-3H3,(H,13,14)/t8-,9-/m1/s1. The quantitative estimate of drug-likeness (QED) is 0.739. The van der Waals surface area contributed by atoms with E-state index in [9.17, 15) is 13.2 Å². The fraction of sp³-hybridized carbons (Fsp3) is 0.900. The van der Waals surface area contributed by atoms with Gasteiger partial charge in [0.2, 0.25) is 0 Å². The maximum atomic E-state index is 11.9. The Morgan fingerprint density at radius 2 is 2.06 bits per heavy atom. The molecule has 0 spiro atoms. The lowest BCUT2D eigenvalue weighted by atomic mass is 9.99. The molecule has 1 saturated heterocycles. The van der Waals surface area contributed by atoms with E-state index in [4.69, 9.17) is 5.11 Å². The predicted octanol–water partition coefficient (Wildman–Crippen LogP) is 0.129. The van der Waals surface area contributed by atoms with Crippen LogP contribution in [0.25, 0.3) is 0 Å². The fourth-order valence-electron chi connectivity index (χ4n) is 1.80. The smallest absolute Gasteiger partial charge is 0.308 e. The Morgan fingerprint density at radius 3 is 2.47 bits per heavy atom. The van der Waals surface area contributed by atoms with E-state index in [1.54, 1.807) is 6.92 Å². The molecule has 0 bridgehead atoms. The molecule has 0 radical (unpaired) electrons. The van der Waals surface area contributed by atoms with Crippen LogP contribution in [0.1, 0.15) is 20.8 Å². The lowest BCUT2D eigenvalue weighted by molar-refractivity contribution is -0.142. The molecule has 1 aliphatic heterocycles. The van der Waals surface area contributed by atoms with Gasteiger partial charge in [0.25, 0.3) is 10.2 Å². The summed E-state index contributed by atoms with van der Waals surface area (Å²) in [6.45, 7) is 6.28. The van der Waals surface area contributed by atoms with Gasteiger partial charge in [-0.05, 0) is 11.8 Å². The molecule has 0 unspecified atom stereocenters. The third-order valence-corrected chi connectivity index (χ3v) is 4.42. The largest absolute Gasteiger partial charge is 0.481 e. The van der Waals surface area contributed by atoms with Crippen molar-refractivity contribution < 1.29 is 18.3 Å². The van der Waals surface area contributed by atoms with E-state index < -0.39 is 22.1 Å². The van der Waals surface area contributed by atoms with Gasteiger partial charge in [-0.2, -0.15) is 12.7 Å². The minimum Gasteiger partial charge on any atom is -0.481 e. The average molecular weight is 264 g/mol. The van der Waals surface area contributed by atoms with Gasteiger partial charge in [-0.3, -0.25) is 4.79 Å². The van der Waals surface area contributed by atoms with Crippen LogP contribution in [0.3, 0.4) is 0 Å². The number of carboxylic acid groups (broad SMARTS) is 1. The first-order valence-electron chi connectivity index (χ1n) is 5.71. The number of nitrogens with one attached hydrogen (secondary N) is 1. The van der Waals surface area contributed by atoms with E-state index >= 15 is 0 Å². The summed E-state index contributed by atoms with van der Waals surface area (Å²) in [4.78, 5) is 10.9. The van der Waals surface area contributed by atoms with Gasteiger partial charge in [0.1, 0.15) is 0 Å². The average Bonchev–Trinajstić information content (AvgIpc) is 2.58. The van der Waals surface area contributed by atoms with Crippen LogP contribution in [0.15, 0.2) is 0 Å². The van der Waals surface area contributed by atoms with Crippen molar-refractivity contribution in [2.24, 2.45) is 17.8 Å². The molecule has 0 aromatic carbocycles. The Kier molecular flexibility index (Phi) is 4.51. The molecule has 100 valence electrons. The van der Waals surface area contributed by atoms with Crippen LogP contribution in [0.5, 0.6) is 0 Å². The molecule has 2 atom stereocenters. The molecule has 17 heavy (non-hydrogen) atoms. The molecule has 1 heterocycles. The lowest BCUT2D eigenvalue weighted by Crippen LogP contribution is -2.41. The van der Waals surface area contributed by atoms with E-state index in [0.29, 0.717) is 6.54 Å². The summed E-state index contributed by atoms with van der Waals surface area (Å²) in [5, 5.41) is 8.94. The number of hydrogen-bond donors (Lipinski definition) is 2. The highest BCUT2D eigenvalue weighted by atomic mass is 32.2. The summed E-state index contributed by atoms with van der Waals surface area (Å²) in [5.41, 5.74) is 0. The second-order valence-electron chi connectivity index (χ2n) is 4.99. The highest BCUT2D eigenvalue weighted by Crippen LogP contribution is 2.24. The Bertz CT molecular complexity index is 380. The normalized spacial score (nSPS) is 26.6. The van der Waals surface area contributed by atoms with Gasteiger partial charge in [-0.15, -0.1) is 0 Å². The maximum Gasteiger partial charge on any atom is 0.308 e. The molecule has 0 aromatic rings. The first-order valence-corrected chi connectivity index (χ1v) is 7.15. The van der Waals surface area contributed by atoms with Crippen molar-refractivity contribution >= 4 is 16.2 Å². The van der Waals surface area contributed by atoms with Crippen LogP contribution in [0.4, 0.5) is 0 Å². The summed E-state index contributed by atoms with van der Waals surface area (Å²) in [7, 11) is -3.53. The molecule has 0 amide bonds. The summed E-state index contributed by atoms with van der Waals surface area (Å²) in [6, 6.07) is 0. The van der Waals surface area contributed by atoms with Crippen LogP contribution in [-0.4, -0.2) is 43.4 Å². The molecule has 1 fully saturated rings. The van der Waals surface area contributed by atoms with Crippen molar-refractivity contribution in [3.05, 3.63) is 0 Å². The van der Waals surface area contributed by atoms with Crippen molar-refractivity contribution in [3.63, 3.8) is 0 Å². The monoisotopic (exact) mass is 264 g/mol. The lowest BCUT2D eigenvalue weighted by Gasteiger charge is -2.17. The second kappa shape index (κ2) is 5.32. The Labute approximate surface area is 102 Å². The highest BCUT2D eigenvalue weighted by Gasteiger charge is 2.39. The van der Waals surface area contributed by atoms with Crippen molar-refractivity contribution in [1.82, 2.24) is 9.03 Å². The zero-order valence-corrected chi connectivity index (χ0v) is 11.2. The van der Waals surface area contributed by atoms with E-state index in [-0.39, 0.29) is 24.9 Å². The van der Waals surface area contributed by atoms with Gasteiger partial charge in [0.15, 0.2) is 0 Å². The molecule has 7 heteroatoms. The van der Waals surface area contributed by atoms with E-state index in [0.717, 1.165) is 0 Å². The SMILES string of the molecule is CC(C)CNS(=O)(=O)N1C[C@@H](C)[C@H](C(=O)O)C1. The third kappa shape index (κ3) is 3.65. The summed E-state index contributed by atoms with van der Waals surface area (Å²) < 4.78 is 27.5. The molecule has 0 aromatic heterocycles. The molecular formula is C10H20N2O4S. The minimum absolute atomic E-state index is 0.0595. The van der Waals surface area contributed by atoms with Gasteiger partial charge in [0.05, 0.1) is 5.92 Å². The first-order chi connectivity index (χ1) is 7.74. The van der Waals surface area contributed by atoms with Gasteiger partial charge < -0.3 is 5.11 Å². The molecule has 0 aliphatic carbocycles. The predicted molar refractivity (Wildman–Crippen MR) is 63.6 cm³/mol. The zero-order chi connectivity index (χ0) is 13.2. The number of hydrogen-bond acceptors (Lipinski definition) is 3. The fourth-order valence-corrected chi connectivity index (χ4v) is 3.32. The van der Waals surface area contributed by atoms with Crippen molar-refractivity contribution in [2.75, 3.05) is 19.6 Å². The zero-order valence-electron chi connectivity index (χ0n) is 10.4. The summed E-state index contributed by atoms with van der Waals surface area (Å²) in [6.07, 6.45) is 0. The van der Waals surface area contributed by atoms with Gasteiger partial charge >= 0.3 is 5.97 Å². The van der Waals surface area contributed by atoms with Crippen LogP contribution in [0, 0.1) is 17.8 Å². The van der Waals surface area contributed by atoms with Crippen LogP contribution in [0.2, 0.25) is 0 Å². The first kappa shape index (κ1) is 14.4. The number of aliphatic carboxylic acids is 1. The van der Waals surface area contributed by atoms with Gasteiger partial charge in [0, 0.05) is 19.6 Å². The molecule has 2 N–H and O–H groups in total. The van der Waals surface area contributed by atoms with Gasteiger partial charge in [-0.25, -0.2) is 4.72 Å². The van der Waals surface area contributed by atoms with Crippen LogP contribution >= 0.6 is 0 Å². The maximum absolute atomic E-state index is 11.9. The van der Waals surface area contributed by atoms with Crippen molar-refractivity contribution in [3.8, 4) is 0 Å². The van der Waals surface area contributed by atoms with E-state index in [2.05, 4.69) is 4.72 Å². The van der Waals surface area contributed by atoms with Crippen molar-refractivity contribution in [2.45, 2.75) is 20.8 Å². The van der Waals surface area contributed by atoms with Crippen molar-refractivity contribution in [1.29, 1.82) is 0 Å². The minimum atomic E-state index is -3.53. The summed E-state index contributed by atoms with van der Waals surface area (Å²) in [5.74, 6) is -1.46. The molecule has 1 rings (SSSR count). The second-order valence-corrected chi connectivity index (χ2v) is 6.74. The Hall–Kier alpha value is -0.660. The number of carboxylic acids is 1. The number of carbonyl (C=O) groups is 1. The van der Waals surface area contributed by atoms with Crippen LogP contribution in [-0.2, 0) is 15.0 Å². The molecular weight excluding hydrogens is 244 g/mol. The Morgan fingerprint density at radius 1 is 1.47 bits per heavy atom. The topological polar surface area (TPSA) is 86.7 Å². The van der Waals surface area contributed by atoms with Crippen LogP contribution < -0.4 is 4.72 Å². The Balaban J connectivity index is 2.66. The third-order valence-electron chi connectivity index (χ3n) is 2.91. The molecule has 0 saturated carbocycles.